The van der Waals surface area contributed by atoms with Crippen LogP contribution in [0.3, 0.4) is 0 Å². The van der Waals surface area contributed by atoms with Gasteiger partial charge < -0.3 is 9.47 Å². The standard InChI is InChI=1S/C22H26N2O3/c1-3-22(25)27-17-7-5-4-6-16-26-21-14-12-20(13-15-21)24-23-19-10-8-18(2)9-11-19/h3,8-15H,1,4-7,16-17H2,2H3/b24-23+. The molecule has 0 unspecified atom stereocenters. The summed E-state index contributed by atoms with van der Waals surface area (Å²) in [5.74, 6) is 0.462. The molecular formula is C22H26N2O3. The van der Waals surface area contributed by atoms with Crippen molar-refractivity contribution in [3.05, 3.63) is 66.7 Å². The number of hydrogen-bond donors (Lipinski definition) is 0. The van der Waals surface area contributed by atoms with Gasteiger partial charge in [0.1, 0.15) is 5.75 Å². The van der Waals surface area contributed by atoms with Crippen LogP contribution < -0.4 is 4.74 Å². The van der Waals surface area contributed by atoms with Gasteiger partial charge in [0.2, 0.25) is 0 Å². The number of carbonyl (C=O) groups is 1. The van der Waals surface area contributed by atoms with Crippen LogP contribution in [0.25, 0.3) is 0 Å². The lowest BCUT2D eigenvalue weighted by Gasteiger charge is -2.06. The fourth-order valence-electron chi connectivity index (χ4n) is 2.32. The zero-order valence-corrected chi connectivity index (χ0v) is 15.8. The first kappa shape index (κ1) is 20.4. The van der Waals surface area contributed by atoms with Gasteiger partial charge in [-0.15, -0.1) is 0 Å². The zero-order chi connectivity index (χ0) is 19.3. The van der Waals surface area contributed by atoms with E-state index in [1.165, 1.54) is 11.6 Å². The van der Waals surface area contributed by atoms with Crippen molar-refractivity contribution in [1.82, 2.24) is 0 Å². The van der Waals surface area contributed by atoms with E-state index < -0.39 is 0 Å². The summed E-state index contributed by atoms with van der Waals surface area (Å²) < 4.78 is 10.7. The highest BCUT2D eigenvalue weighted by atomic mass is 16.5. The fourth-order valence-corrected chi connectivity index (χ4v) is 2.32. The Balaban J connectivity index is 1.62. The van der Waals surface area contributed by atoms with Crippen LogP contribution in [-0.2, 0) is 9.53 Å². The van der Waals surface area contributed by atoms with Gasteiger partial charge in [-0.05, 0) is 69.0 Å². The summed E-state index contributed by atoms with van der Waals surface area (Å²) in [6.45, 7) is 6.51. The lowest BCUT2D eigenvalue weighted by molar-refractivity contribution is -0.137. The molecule has 2 aromatic rings. The SMILES string of the molecule is C=CC(=O)OCCCCCCOc1ccc(/N=N/c2ccc(C)cc2)cc1. The molecule has 0 fully saturated rings. The molecule has 0 bridgehead atoms. The molecule has 0 saturated heterocycles. The van der Waals surface area contributed by atoms with E-state index in [0.717, 1.165) is 42.8 Å². The van der Waals surface area contributed by atoms with Gasteiger partial charge in [-0.25, -0.2) is 4.79 Å². The molecule has 142 valence electrons. The first-order valence-electron chi connectivity index (χ1n) is 9.18. The van der Waals surface area contributed by atoms with Gasteiger partial charge in [-0.3, -0.25) is 0 Å². The second kappa shape index (κ2) is 11.6. The average Bonchev–Trinajstić information content (AvgIpc) is 2.70. The maximum Gasteiger partial charge on any atom is 0.330 e. The number of hydrogen-bond acceptors (Lipinski definition) is 5. The number of rotatable bonds is 11. The second-order valence-corrected chi connectivity index (χ2v) is 6.16. The highest BCUT2D eigenvalue weighted by Gasteiger charge is 1.98. The largest absolute Gasteiger partial charge is 0.494 e. The third-order valence-electron chi connectivity index (χ3n) is 3.87. The Morgan fingerprint density at radius 2 is 1.44 bits per heavy atom. The molecule has 27 heavy (non-hydrogen) atoms. The van der Waals surface area contributed by atoms with Gasteiger partial charge in [0.05, 0.1) is 24.6 Å². The molecule has 0 aromatic heterocycles. The summed E-state index contributed by atoms with van der Waals surface area (Å²) in [6, 6.07) is 15.5. The molecule has 5 nitrogen and oxygen atoms in total. The average molecular weight is 366 g/mol. The predicted octanol–water partition coefficient (Wildman–Crippen LogP) is 6.08. The van der Waals surface area contributed by atoms with Crippen LogP contribution in [0.5, 0.6) is 5.75 Å². The normalized spacial score (nSPS) is 10.7. The van der Waals surface area contributed by atoms with Crippen LogP contribution in [0.15, 0.2) is 71.4 Å². The second-order valence-electron chi connectivity index (χ2n) is 6.16. The Kier molecular flexibility index (Phi) is 8.77. The molecule has 0 spiro atoms. The van der Waals surface area contributed by atoms with Crippen molar-refractivity contribution in [3.8, 4) is 5.75 Å². The van der Waals surface area contributed by atoms with Crippen LogP contribution >= 0.6 is 0 Å². The van der Waals surface area contributed by atoms with E-state index >= 15 is 0 Å². The molecule has 0 aliphatic heterocycles. The number of nitrogens with zero attached hydrogens (tertiary/aromatic N) is 2. The highest BCUT2D eigenvalue weighted by molar-refractivity contribution is 5.81. The lowest BCUT2D eigenvalue weighted by atomic mass is 10.2. The minimum Gasteiger partial charge on any atom is -0.494 e. The number of unbranched alkanes of at least 4 members (excludes halogenated alkanes) is 3. The van der Waals surface area contributed by atoms with Crippen molar-refractivity contribution in [2.75, 3.05) is 13.2 Å². The van der Waals surface area contributed by atoms with Crippen LogP contribution in [0, 0.1) is 6.92 Å². The summed E-state index contributed by atoms with van der Waals surface area (Å²) in [4.78, 5) is 10.9. The van der Waals surface area contributed by atoms with Crippen LogP contribution in [-0.4, -0.2) is 19.2 Å². The highest BCUT2D eigenvalue weighted by Crippen LogP contribution is 2.21. The summed E-state index contributed by atoms with van der Waals surface area (Å²) in [5.41, 5.74) is 2.82. The number of benzene rings is 2. The van der Waals surface area contributed by atoms with Gasteiger partial charge in [0.15, 0.2) is 0 Å². The number of azo groups is 1. The minimum absolute atomic E-state index is 0.361. The van der Waals surface area contributed by atoms with Crippen molar-refractivity contribution in [3.63, 3.8) is 0 Å². The molecule has 0 heterocycles. The van der Waals surface area contributed by atoms with Crippen molar-refractivity contribution in [2.24, 2.45) is 10.2 Å². The molecule has 0 N–H and O–H groups in total. The molecule has 0 radical (unpaired) electrons. The minimum atomic E-state index is -0.361. The quantitative estimate of drug-likeness (QED) is 0.210. The van der Waals surface area contributed by atoms with Gasteiger partial charge in [0, 0.05) is 6.08 Å². The molecule has 0 amide bonds. The van der Waals surface area contributed by atoms with Gasteiger partial charge in [0.25, 0.3) is 0 Å². The molecule has 0 saturated carbocycles. The molecule has 2 rings (SSSR count). The smallest absolute Gasteiger partial charge is 0.330 e. The van der Waals surface area contributed by atoms with Crippen molar-refractivity contribution in [1.29, 1.82) is 0 Å². The van der Waals surface area contributed by atoms with Crippen LogP contribution in [0.1, 0.15) is 31.2 Å². The summed E-state index contributed by atoms with van der Waals surface area (Å²) in [5, 5.41) is 8.45. The van der Waals surface area contributed by atoms with Crippen molar-refractivity contribution in [2.45, 2.75) is 32.6 Å². The maximum atomic E-state index is 10.9. The third-order valence-corrected chi connectivity index (χ3v) is 3.87. The van der Waals surface area contributed by atoms with Gasteiger partial charge in [-0.2, -0.15) is 10.2 Å². The van der Waals surface area contributed by atoms with Crippen molar-refractivity contribution >= 4 is 17.3 Å². The Morgan fingerprint density at radius 1 is 0.889 bits per heavy atom. The third kappa shape index (κ3) is 8.31. The first-order valence-corrected chi connectivity index (χ1v) is 9.18. The van der Waals surface area contributed by atoms with E-state index in [2.05, 4.69) is 16.8 Å². The van der Waals surface area contributed by atoms with E-state index in [9.17, 15) is 4.79 Å². The van der Waals surface area contributed by atoms with E-state index in [-0.39, 0.29) is 5.97 Å². The Morgan fingerprint density at radius 3 is 2.04 bits per heavy atom. The summed E-state index contributed by atoms with van der Waals surface area (Å²) in [6.07, 6.45) is 5.05. The van der Waals surface area contributed by atoms with E-state index in [4.69, 9.17) is 9.47 Å². The molecular weight excluding hydrogens is 340 g/mol. The van der Waals surface area contributed by atoms with E-state index in [0.29, 0.717) is 13.2 Å². The van der Waals surface area contributed by atoms with Crippen LogP contribution in [0.4, 0.5) is 11.4 Å². The number of aryl methyl sites for hydroxylation is 1. The lowest BCUT2D eigenvalue weighted by Crippen LogP contribution is -2.02. The van der Waals surface area contributed by atoms with Crippen LogP contribution in [0.2, 0.25) is 0 Å². The van der Waals surface area contributed by atoms with Crippen molar-refractivity contribution < 1.29 is 14.3 Å². The summed E-state index contributed by atoms with van der Waals surface area (Å²) in [7, 11) is 0. The summed E-state index contributed by atoms with van der Waals surface area (Å²) >= 11 is 0. The monoisotopic (exact) mass is 366 g/mol. The first-order chi connectivity index (χ1) is 13.2. The number of carbonyl (C=O) groups excluding carboxylic acids is 1. The molecule has 2 aromatic carbocycles. The number of ether oxygens (including phenoxy) is 2. The van der Waals surface area contributed by atoms with E-state index in [1.54, 1.807) is 0 Å². The Hall–Kier alpha value is -2.95. The topological polar surface area (TPSA) is 60.2 Å². The van der Waals surface area contributed by atoms with Gasteiger partial charge >= 0.3 is 5.97 Å². The predicted molar refractivity (Wildman–Crippen MR) is 107 cm³/mol. The Labute approximate surface area is 160 Å². The Bertz CT molecular complexity index is 737. The molecule has 0 aliphatic carbocycles. The maximum absolute atomic E-state index is 10.9. The fraction of sp³-hybridized carbons (Fsp3) is 0.318. The molecule has 5 heteroatoms. The number of esters is 1. The molecule has 0 aliphatic rings. The molecule has 0 atom stereocenters. The zero-order valence-electron chi connectivity index (χ0n) is 15.8. The van der Waals surface area contributed by atoms with E-state index in [1.807, 2.05) is 55.5 Å². The van der Waals surface area contributed by atoms with Gasteiger partial charge in [-0.1, -0.05) is 24.3 Å².